The van der Waals surface area contributed by atoms with Gasteiger partial charge in [0.15, 0.2) is 0 Å². The Kier molecular flexibility index (Phi) is 6.23. The van der Waals surface area contributed by atoms with Crippen LogP contribution in [0.3, 0.4) is 0 Å². The Bertz CT molecular complexity index is 552. The van der Waals surface area contributed by atoms with Crippen LogP contribution in [0.15, 0.2) is 35.7 Å². The highest BCUT2D eigenvalue weighted by atomic mass is 35.5. The van der Waals surface area contributed by atoms with Crippen LogP contribution in [0.4, 0.5) is 0 Å². The zero-order valence-corrected chi connectivity index (χ0v) is 13.7. The smallest absolute Gasteiger partial charge is 0.230 e. The highest BCUT2D eigenvalue weighted by Crippen LogP contribution is 2.28. The van der Waals surface area contributed by atoms with Crippen LogP contribution in [0, 0.1) is 0 Å². The van der Waals surface area contributed by atoms with Gasteiger partial charge >= 0.3 is 0 Å². The molecule has 0 saturated carbocycles. The normalized spacial score (nSPS) is 10.5. The second-order valence-electron chi connectivity index (χ2n) is 4.05. The van der Waals surface area contributed by atoms with E-state index in [9.17, 15) is 4.79 Å². The Hall–Kier alpha value is -0.680. The second kappa shape index (κ2) is 7.93. The summed E-state index contributed by atoms with van der Waals surface area (Å²) in [4.78, 5) is 12.9. The van der Waals surface area contributed by atoms with Crippen molar-refractivity contribution in [3.05, 3.63) is 56.2 Å². The molecule has 6 heteroatoms. The maximum absolute atomic E-state index is 11.7. The molecular weight excluding hydrogens is 333 g/mol. The zero-order valence-electron chi connectivity index (χ0n) is 10.6. The topological polar surface area (TPSA) is 29.1 Å². The van der Waals surface area contributed by atoms with E-state index in [1.807, 2.05) is 23.6 Å². The molecule has 2 rings (SSSR count). The van der Waals surface area contributed by atoms with E-state index in [-0.39, 0.29) is 5.91 Å². The molecule has 2 aromatic rings. The lowest BCUT2D eigenvalue weighted by Crippen LogP contribution is -2.24. The van der Waals surface area contributed by atoms with Crippen molar-refractivity contribution in [1.29, 1.82) is 0 Å². The zero-order chi connectivity index (χ0) is 14.4. The fourth-order valence-electron chi connectivity index (χ4n) is 1.57. The number of benzene rings is 1. The molecule has 0 spiro atoms. The lowest BCUT2D eigenvalue weighted by Gasteiger charge is -2.07. The standard InChI is InChI=1S/C14H13Cl2NOS2/c15-12-4-1-5-13(16)11(12)8-19-9-14(18)17-7-10-3-2-6-20-10/h1-6H,7-9H2,(H,17,18). The van der Waals surface area contributed by atoms with E-state index in [2.05, 4.69) is 5.32 Å². The third kappa shape index (κ3) is 4.70. The Morgan fingerprint density at radius 3 is 2.60 bits per heavy atom. The third-order valence-corrected chi connectivity index (χ3v) is 5.12. The van der Waals surface area contributed by atoms with E-state index in [0.29, 0.717) is 28.1 Å². The number of thioether (sulfide) groups is 1. The van der Waals surface area contributed by atoms with Crippen LogP contribution in [-0.2, 0) is 17.1 Å². The summed E-state index contributed by atoms with van der Waals surface area (Å²) in [5, 5.41) is 6.17. The first-order chi connectivity index (χ1) is 9.66. The molecule has 0 saturated heterocycles. The van der Waals surface area contributed by atoms with Crippen molar-refractivity contribution in [3.63, 3.8) is 0 Å². The van der Waals surface area contributed by atoms with E-state index in [1.54, 1.807) is 23.5 Å². The van der Waals surface area contributed by atoms with Gasteiger partial charge in [0.2, 0.25) is 5.91 Å². The summed E-state index contributed by atoms with van der Waals surface area (Å²) in [5.74, 6) is 1.05. The highest BCUT2D eigenvalue weighted by Gasteiger charge is 2.07. The van der Waals surface area contributed by atoms with Gasteiger partial charge in [0.1, 0.15) is 0 Å². The fourth-order valence-corrected chi connectivity index (χ4v) is 3.80. The first-order valence-electron chi connectivity index (χ1n) is 5.96. The quantitative estimate of drug-likeness (QED) is 0.828. The van der Waals surface area contributed by atoms with Crippen LogP contribution in [0.5, 0.6) is 0 Å². The first-order valence-corrected chi connectivity index (χ1v) is 8.75. The van der Waals surface area contributed by atoms with Crippen LogP contribution < -0.4 is 5.32 Å². The van der Waals surface area contributed by atoms with Crippen molar-refractivity contribution in [2.75, 3.05) is 5.75 Å². The molecule has 0 aliphatic carbocycles. The first kappa shape index (κ1) is 15.7. The summed E-state index contributed by atoms with van der Waals surface area (Å²) in [7, 11) is 0. The number of hydrogen-bond acceptors (Lipinski definition) is 3. The van der Waals surface area contributed by atoms with Crippen LogP contribution in [0.1, 0.15) is 10.4 Å². The lowest BCUT2D eigenvalue weighted by molar-refractivity contribution is -0.118. The van der Waals surface area contributed by atoms with Crippen molar-refractivity contribution < 1.29 is 4.79 Å². The molecule has 0 aliphatic heterocycles. The summed E-state index contributed by atoms with van der Waals surface area (Å²) < 4.78 is 0. The van der Waals surface area contributed by atoms with Gasteiger partial charge in [0.25, 0.3) is 0 Å². The SMILES string of the molecule is O=C(CSCc1c(Cl)cccc1Cl)NCc1cccs1. The van der Waals surface area contributed by atoms with Crippen LogP contribution in [0.25, 0.3) is 0 Å². The van der Waals surface area contributed by atoms with Crippen LogP contribution in [-0.4, -0.2) is 11.7 Å². The predicted octanol–water partition coefficient (Wildman–Crippen LogP) is 4.60. The van der Waals surface area contributed by atoms with E-state index in [1.165, 1.54) is 11.8 Å². The second-order valence-corrected chi connectivity index (χ2v) is 6.88. The molecule has 2 nitrogen and oxygen atoms in total. The van der Waals surface area contributed by atoms with E-state index < -0.39 is 0 Å². The van der Waals surface area contributed by atoms with Gasteiger partial charge in [-0.05, 0) is 29.1 Å². The molecule has 20 heavy (non-hydrogen) atoms. The van der Waals surface area contributed by atoms with Crippen molar-refractivity contribution in [2.45, 2.75) is 12.3 Å². The molecule has 0 unspecified atom stereocenters. The summed E-state index contributed by atoms with van der Waals surface area (Å²) in [5.41, 5.74) is 0.881. The van der Waals surface area contributed by atoms with Gasteiger partial charge < -0.3 is 5.32 Å². The number of carbonyl (C=O) groups excluding carboxylic acids is 1. The van der Waals surface area contributed by atoms with Gasteiger partial charge in [-0.2, -0.15) is 0 Å². The number of halogens is 2. The molecule has 0 bridgehead atoms. The highest BCUT2D eigenvalue weighted by molar-refractivity contribution is 7.99. The van der Waals surface area contributed by atoms with Gasteiger partial charge in [0, 0.05) is 20.7 Å². The largest absolute Gasteiger partial charge is 0.350 e. The van der Waals surface area contributed by atoms with Crippen LogP contribution >= 0.6 is 46.3 Å². The minimum absolute atomic E-state index is 0.0200. The third-order valence-electron chi connectivity index (χ3n) is 2.58. The number of hydrogen-bond donors (Lipinski definition) is 1. The monoisotopic (exact) mass is 345 g/mol. The molecule has 106 valence electrons. The molecule has 1 N–H and O–H groups in total. The fraction of sp³-hybridized carbons (Fsp3) is 0.214. The Morgan fingerprint density at radius 1 is 1.20 bits per heavy atom. The van der Waals surface area contributed by atoms with Gasteiger partial charge in [-0.25, -0.2) is 0 Å². The molecule has 1 heterocycles. The van der Waals surface area contributed by atoms with E-state index in [4.69, 9.17) is 23.2 Å². The molecule has 0 radical (unpaired) electrons. The van der Waals surface area contributed by atoms with E-state index in [0.717, 1.165) is 10.4 Å². The number of nitrogens with one attached hydrogen (secondary N) is 1. The predicted molar refractivity (Wildman–Crippen MR) is 88.8 cm³/mol. The Balaban J connectivity index is 1.74. The van der Waals surface area contributed by atoms with Crippen LogP contribution in [0.2, 0.25) is 10.0 Å². The lowest BCUT2D eigenvalue weighted by atomic mass is 10.2. The number of rotatable bonds is 6. The molecule has 0 aliphatic rings. The van der Waals surface area contributed by atoms with Crippen molar-refractivity contribution in [1.82, 2.24) is 5.32 Å². The molecule has 0 fully saturated rings. The summed E-state index contributed by atoms with van der Waals surface area (Å²) in [6.45, 7) is 0.587. The van der Waals surface area contributed by atoms with Crippen molar-refractivity contribution in [2.24, 2.45) is 0 Å². The van der Waals surface area contributed by atoms with Gasteiger partial charge in [-0.15, -0.1) is 23.1 Å². The average Bonchev–Trinajstić information content (AvgIpc) is 2.93. The Labute approximate surface area is 136 Å². The summed E-state index contributed by atoms with van der Waals surface area (Å²) in [6, 6.07) is 9.40. The molecule has 1 aromatic heterocycles. The van der Waals surface area contributed by atoms with Gasteiger partial charge in [-0.1, -0.05) is 35.3 Å². The minimum atomic E-state index is 0.0200. The molecule has 1 amide bonds. The average molecular weight is 346 g/mol. The number of thiophene rings is 1. The summed E-state index contributed by atoms with van der Waals surface area (Å²) in [6.07, 6.45) is 0. The summed E-state index contributed by atoms with van der Waals surface area (Å²) >= 11 is 15.3. The number of amides is 1. The van der Waals surface area contributed by atoms with Gasteiger partial charge in [-0.3, -0.25) is 4.79 Å². The maximum Gasteiger partial charge on any atom is 0.230 e. The van der Waals surface area contributed by atoms with Crippen molar-refractivity contribution in [3.8, 4) is 0 Å². The van der Waals surface area contributed by atoms with E-state index >= 15 is 0 Å². The van der Waals surface area contributed by atoms with Gasteiger partial charge in [0.05, 0.1) is 12.3 Å². The Morgan fingerprint density at radius 2 is 1.95 bits per heavy atom. The van der Waals surface area contributed by atoms with Crippen molar-refractivity contribution >= 4 is 52.2 Å². The minimum Gasteiger partial charge on any atom is -0.350 e. The maximum atomic E-state index is 11.7. The molecular formula is C14H13Cl2NOS2. The molecule has 1 aromatic carbocycles. The molecule has 0 atom stereocenters. The number of carbonyl (C=O) groups is 1.